The summed E-state index contributed by atoms with van der Waals surface area (Å²) in [6, 6.07) is 17.0. The van der Waals surface area contributed by atoms with E-state index >= 15 is 0 Å². The molecule has 0 saturated heterocycles. The number of para-hydroxylation sites is 1. The van der Waals surface area contributed by atoms with E-state index in [0.29, 0.717) is 5.75 Å². The zero-order valence-corrected chi connectivity index (χ0v) is 11.7. The number of ether oxygens (including phenoxy) is 1. The van der Waals surface area contributed by atoms with Crippen molar-refractivity contribution in [1.29, 1.82) is 0 Å². The lowest BCUT2D eigenvalue weighted by Gasteiger charge is -2.02. The Balaban J connectivity index is 2.02. The van der Waals surface area contributed by atoms with Crippen LogP contribution in [0.3, 0.4) is 0 Å². The van der Waals surface area contributed by atoms with Gasteiger partial charge in [0.2, 0.25) is 0 Å². The van der Waals surface area contributed by atoms with Crippen LogP contribution >= 0.6 is 22.6 Å². The summed E-state index contributed by atoms with van der Waals surface area (Å²) in [5.41, 5.74) is 0.970. The molecule has 0 spiro atoms. The molecule has 3 heteroatoms. The number of esters is 1. The molecule has 18 heavy (non-hydrogen) atoms. The van der Waals surface area contributed by atoms with Gasteiger partial charge >= 0.3 is 5.97 Å². The number of carbonyl (C=O) groups excluding carboxylic acids is 1. The van der Waals surface area contributed by atoms with Crippen LogP contribution in [0.5, 0.6) is 5.75 Å². The highest BCUT2D eigenvalue weighted by Crippen LogP contribution is 2.19. The average molecular weight is 350 g/mol. The Bertz CT molecular complexity index is 562. The van der Waals surface area contributed by atoms with Gasteiger partial charge in [-0.15, -0.1) is 0 Å². The van der Waals surface area contributed by atoms with Gasteiger partial charge in [0.05, 0.1) is 3.57 Å². The van der Waals surface area contributed by atoms with Crippen LogP contribution in [0.15, 0.2) is 60.7 Å². The predicted octanol–water partition coefficient (Wildman–Crippen LogP) is 3.91. The molecule has 0 aromatic heterocycles. The summed E-state index contributed by atoms with van der Waals surface area (Å²) < 4.78 is 6.15. The lowest BCUT2D eigenvalue weighted by Crippen LogP contribution is -2.04. The molecule has 0 heterocycles. The zero-order chi connectivity index (χ0) is 12.8. The zero-order valence-electron chi connectivity index (χ0n) is 9.55. The largest absolute Gasteiger partial charge is 0.422 e. The number of carbonyl (C=O) groups is 1. The topological polar surface area (TPSA) is 26.3 Å². The first-order chi connectivity index (χ1) is 8.75. The van der Waals surface area contributed by atoms with E-state index in [9.17, 15) is 4.79 Å². The third-order valence-electron chi connectivity index (χ3n) is 2.26. The Labute approximate surface area is 119 Å². The third kappa shape index (κ3) is 3.70. The molecule has 0 saturated carbocycles. The Morgan fingerprint density at radius 3 is 2.39 bits per heavy atom. The summed E-state index contributed by atoms with van der Waals surface area (Å²) in [4.78, 5) is 11.6. The molecule has 0 aliphatic rings. The van der Waals surface area contributed by atoms with E-state index in [-0.39, 0.29) is 5.97 Å². The van der Waals surface area contributed by atoms with Crippen molar-refractivity contribution in [2.45, 2.75) is 0 Å². The van der Waals surface area contributed by atoms with Crippen molar-refractivity contribution in [2.75, 3.05) is 0 Å². The highest BCUT2D eigenvalue weighted by Gasteiger charge is 2.03. The summed E-state index contributed by atoms with van der Waals surface area (Å²) in [6.45, 7) is 0. The quantitative estimate of drug-likeness (QED) is 0.363. The van der Waals surface area contributed by atoms with Crippen molar-refractivity contribution in [2.24, 2.45) is 0 Å². The molecule has 2 nitrogen and oxygen atoms in total. The maximum absolute atomic E-state index is 11.6. The smallest absolute Gasteiger partial charge is 0.336 e. The molecule has 0 amide bonds. The van der Waals surface area contributed by atoms with Crippen LogP contribution in [0, 0.1) is 3.57 Å². The second-order valence-electron chi connectivity index (χ2n) is 3.60. The fraction of sp³-hybridized carbons (Fsp3) is 0. The van der Waals surface area contributed by atoms with Crippen LogP contribution < -0.4 is 4.74 Å². The Hall–Kier alpha value is -1.62. The van der Waals surface area contributed by atoms with Gasteiger partial charge in [0.1, 0.15) is 5.75 Å². The van der Waals surface area contributed by atoms with Crippen LogP contribution in [0.4, 0.5) is 0 Å². The third-order valence-corrected chi connectivity index (χ3v) is 3.15. The minimum absolute atomic E-state index is 0.372. The first kappa shape index (κ1) is 12.8. The second-order valence-corrected chi connectivity index (χ2v) is 4.76. The SMILES string of the molecule is O=C(/C=C/c1ccccc1)Oc1ccccc1I. The van der Waals surface area contributed by atoms with Crippen LogP contribution in [0.25, 0.3) is 6.08 Å². The number of benzene rings is 2. The summed E-state index contributed by atoms with van der Waals surface area (Å²) >= 11 is 2.13. The molecule has 0 radical (unpaired) electrons. The van der Waals surface area contributed by atoms with Crippen molar-refractivity contribution in [1.82, 2.24) is 0 Å². The van der Waals surface area contributed by atoms with Crippen molar-refractivity contribution in [3.63, 3.8) is 0 Å². The van der Waals surface area contributed by atoms with Crippen LogP contribution in [0.2, 0.25) is 0 Å². The van der Waals surface area contributed by atoms with Crippen molar-refractivity contribution in [3.8, 4) is 5.75 Å². The van der Waals surface area contributed by atoms with E-state index in [1.165, 1.54) is 6.08 Å². The lowest BCUT2D eigenvalue weighted by molar-refractivity contribution is -0.128. The molecule has 2 aromatic carbocycles. The summed E-state index contributed by atoms with van der Waals surface area (Å²) in [5, 5.41) is 0. The average Bonchev–Trinajstić information content (AvgIpc) is 2.40. The molecule has 90 valence electrons. The number of hydrogen-bond acceptors (Lipinski definition) is 2. The highest BCUT2D eigenvalue weighted by molar-refractivity contribution is 14.1. The van der Waals surface area contributed by atoms with Gasteiger partial charge in [-0.05, 0) is 46.4 Å². The van der Waals surface area contributed by atoms with Crippen molar-refractivity contribution >= 4 is 34.6 Å². The fourth-order valence-electron chi connectivity index (χ4n) is 1.40. The van der Waals surface area contributed by atoms with Gasteiger partial charge in [-0.25, -0.2) is 4.79 Å². The normalized spacial score (nSPS) is 10.5. The highest BCUT2D eigenvalue weighted by atomic mass is 127. The molecule has 0 aliphatic heterocycles. The molecule has 0 unspecified atom stereocenters. The molecular formula is C15H11IO2. The monoisotopic (exact) mass is 350 g/mol. The van der Waals surface area contributed by atoms with E-state index in [0.717, 1.165) is 9.13 Å². The Kier molecular flexibility index (Phi) is 4.52. The molecule has 0 bridgehead atoms. The number of hydrogen-bond donors (Lipinski definition) is 0. The maximum atomic E-state index is 11.6. The molecule has 0 fully saturated rings. The standard InChI is InChI=1S/C15H11IO2/c16-13-8-4-5-9-14(13)18-15(17)11-10-12-6-2-1-3-7-12/h1-11H/b11-10+. The Morgan fingerprint density at radius 2 is 1.67 bits per heavy atom. The first-order valence-corrected chi connectivity index (χ1v) is 6.53. The van der Waals surface area contributed by atoms with Gasteiger partial charge in [0, 0.05) is 6.08 Å². The second kappa shape index (κ2) is 6.35. The minimum atomic E-state index is -0.372. The van der Waals surface area contributed by atoms with Crippen molar-refractivity contribution in [3.05, 3.63) is 69.8 Å². The summed E-state index contributed by atoms with van der Waals surface area (Å²) in [7, 11) is 0. The Morgan fingerprint density at radius 1 is 1.00 bits per heavy atom. The van der Waals surface area contributed by atoms with E-state index < -0.39 is 0 Å². The van der Waals surface area contributed by atoms with E-state index in [4.69, 9.17) is 4.74 Å². The minimum Gasteiger partial charge on any atom is -0.422 e. The van der Waals surface area contributed by atoms with Crippen LogP contribution in [0.1, 0.15) is 5.56 Å². The van der Waals surface area contributed by atoms with E-state index in [2.05, 4.69) is 22.6 Å². The number of rotatable bonds is 3. The first-order valence-electron chi connectivity index (χ1n) is 5.45. The molecule has 0 atom stereocenters. The molecule has 0 N–H and O–H groups in total. The molecular weight excluding hydrogens is 339 g/mol. The van der Waals surface area contributed by atoms with E-state index in [1.54, 1.807) is 12.1 Å². The van der Waals surface area contributed by atoms with E-state index in [1.807, 2.05) is 48.5 Å². The van der Waals surface area contributed by atoms with Gasteiger partial charge < -0.3 is 4.74 Å². The molecule has 0 aliphatic carbocycles. The van der Waals surface area contributed by atoms with Crippen LogP contribution in [-0.4, -0.2) is 5.97 Å². The predicted molar refractivity (Wildman–Crippen MR) is 80.3 cm³/mol. The maximum Gasteiger partial charge on any atom is 0.336 e. The van der Waals surface area contributed by atoms with Gasteiger partial charge in [0.15, 0.2) is 0 Å². The van der Waals surface area contributed by atoms with Gasteiger partial charge in [0.25, 0.3) is 0 Å². The van der Waals surface area contributed by atoms with Gasteiger partial charge in [-0.2, -0.15) is 0 Å². The fourth-order valence-corrected chi connectivity index (χ4v) is 1.90. The molecule has 2 rings (SSSR count). The lowest BCUT2D eigenvalue weighted by atomic mass is 10.2. The summed E-state index contributed by atoms with van der Waals surface area (Å²) in [6.07, 6.45) is 3.16. The molecule has 2 aromatic rings. The summed E-state index contributed by atoms with van der Waals surface area (Å²) in [5.74, 6) is 0.212. The van der Waals surface area contributed by atoms with Gasteiger partial charge in [-0.1, -0.05) is 42.5 Å². The van der Waals surface area contributed by atoms with Crippen LogP contribution in [-0.2, 0) is 4.79 Å². The van der Waals surface area contributed by atoms with Gasteiger partial charge in [-0.3, -0.25) is 0 Å². The number of halogens is 1. The van der Waals surface area contributed by atoms with Crippen molar-refractivity contribution < 1.29 is 9.53 Å².